The molecule has 1 aliphatic carbocycles. The normalized spacial score (nSPS) is 22.2. The number of nitrogens with zero attached hydrogens (tertiary/aromatic N) is 2. The van der Waals surface area contributed by atoms with Crippen LogP contribution in [-0.2, 0) is 0 Å². The number of fused-ring (bicyclic) bond motifs is 1. The number of aromatic nitrogens is 1. The molecule has 1 amide bonds. The summed E-state index contributed by atoms with van der Waals surface area (Å²) in [4.78, 5) is 19.7. The molecule has 1 aliphatic heterocycles. The Morgan fingerprint density at radius 3 is 2.80 bits per heavy atom. The van der Waals surface area contributed by atoms with Crippen molar-refractivity contribution in [2.75, 3.05) is 6.54 Å². The number of piperidine rings is 1. The van der Waals surface area contributed by atoms with Crippen molar-refractivity contribution in [3.05, 3.63) is 41.3 Å². The fourth-order valence-electron chi connectivity index (χ4n) is 3.85. The number of amides is 1. The number of rotatable bonds is 3. The van der Waals surface area contributed by atoms with Crippen molar-refractivity contribution in [2.45, 2.75) is 57.1 Å². The van der Waals surface area contributed by atoms with Crippen LogP contribution in [0.5, 0.6) is 0 Å². The highest BCUT2D eigenvalue weighted by molar-refractivity contribution is 6.06. The van der Waals surface area contributed by atoms with Gasteiger partial charge < -0.3 is 10.0 Å². The first kappa shape index (κ1) is 16.5. The van der Waals surface area contributed by atoms with Crippen LogP contribution in [0.25, 0.3) is 10.9 Å². The van der Waals surface area contributed by atoms with E-state index in [9.17, 15) is 14.3 Å². The summed E-state index contributed by atoms with van der Waals surface area (Å²) in [6.45, 7) is 2.36. The van der Waals surface area contributed by atoms with Crippen LogP contribution >= 0.6 is 0 Å². The van der Waals surface area contributed by atoms with E-state index in [0.29, 0.717) is 28.9 Å². The molecule has 2 fully saturated rings. The van der Waals surface area contributed by atoms with Gasteiger partial charge >= 0.3 is 0 Å². The third-order valence-electron chi connectivity index (χ3n) is 5.38. The molecule has 0 spiro atoms. The summed E-state index contributed by atoms with van der Waals surface area (Å²) < 4.78 is 13.8. The number of pyridine rings is 1. The molecule has 4 nitrogen and oxygen atoms in total. The van der Waals surface area contributed by atoms with Crippen molar-refractivity contribution in [3.8, 4) is 0 Å². The summed E-state index contributed by atoms with van der Waals surface area (Å²) in [5, 5.41) is 10.6. The zero-order valence-electron chi connectivity index (χ0n) is 14.4. The number of halogens is 1. The van der Waals surface area contributed by atoms with Crippen molar-refractivity contribution in [1.29, 1.82) is 0 Å². The number of carbonyl (C=O) groups is 1. The van der Waals surface area contributed by atoms with E-state index in [2.05, 4.69) is 4.98 Å². The maximum absolute atomic E-state index is 13.8. The van der Waals surface area contributed by atoms with Gasteiger partial charge in [0, 0.05) is 23.5 Å². The van der Waals surface area contributed by atoms with E-state index in [0.717, 1.165) is 37.8 Å². The number of hydrogen-bond acceptors (Lipinski definition) is 3. The Labute approximate surface area is 146 Å². The number of likely N-dealkylation sites (tertiary alicyclic amines) is 1. The molecule has 132 valence electrons. The van der Waals surface area contributed by atoms with Gasteiger partial charge in [0.25, 0.3) is 5.91 Å². The molecule has 1 aromatic carbocycles. The molecule has 2 aliphatic rings. The van der Waals surface area contributed by atoms with Crippen LogP contribution in [-0.4, -0.2) is 39.6 Å². The highest BCUT2D eigenvalue weighted by Gasteiger charge is 2.33. The van der Waals surface area contributed by atoms with Gasteiger partial charge in [-0.15, -0.1) is 0 Å². The maximum Gasteiger partial charge on any atom is 0.254 e. The minimum absolute atomic E-state index is 0.120. The lowest BCUT2D eigenvalue weighted by Gasteiger charge is -2.37. The molecule has 2 atom stereocenters. The van der Waals surface area contributed by atoms with Crippen LogP contribution in [0.15, 0.2) is 24.3 Å². The molecule has 0 bridgehead atoms. The van der Waals surface area contributed by atoms with Gasteiger partial charge in [-0.2, -0.15) is 0 Å². The second kappa shape index (κ2) is 6.37. The van der Waals surface area contributed by atoms with Crippen molar-refractivity contribution in [3.63, 3.8) is 0 Å². The molecule has 2 aromatic rings. The lowest BCUT2D eigenvalue weighted by molar-refractivity contribution is 0.0282. The molecule has 1 N–H and O–H groups in total. The van der Waals surface area contributed by atoms with Gasteiger partial charge in [0.1, 0.15) is 5.82 Å². The summed E-state index contributed by atoms with van der Waals surface area (Å²) in [5.74, 6) is -0.0753. The third kappa shape index (κ3) is 3.13. The fraction of sp³-hybridized carbons (Fsp3) is 0.500. The number of benzene rings is 1. The lowest BCUT2D eigenvalue weighted by Crippen LogP contribution is -2.49. The maximum atomic E-state index is 13.8. The van der Waals surface area contributed by atoms with Crippen LogP contribution < -0.4 is 0 Å². The quantitative estimate of drug-likeness (QED) is 0.927. The van der Waals surface area contributed by atoms with Gasteiger partial charge in [-0.25, -0.2) is 4.39 Å². The minimum atomic E-state index is -0.572. The molecule has 1 aromatic heterocycles. The zero-order chi connectivity index (χ0) is 17.6. The topological polar surface area (TPSA) is 53.4 Å². The van der Waals surface area contributed by atoms with Crippen LogP contribution in [0.3, 0.4) is 0 Å². The van der Waals surface area contributed by atoms with Gasteiger partial charge in [0.05, 0.1) is 23.2 Å². The molecule has 1 saturated carbocycles. The Balaban J connectivity index is 1.80. The first-order chi connectivity index (χ1) is 12.0. The van der Waals surface area contributed by atoms with E-state index < -0.39 is 6.10 Å². The standard InChI is InChI=1S/C20H23FN2O2/c1-12(24)19-4-2-3-9-23(19)20(25)16-11-18(13-5-6-13)22-17-8-7-14(21)10-15(16)17/h7-8,10-13,19,24H,2-6,9H2,1H3. The first-order valence-corrected chi connectivity index (χ1v) is 9.14. The predicted octanol–water partition coefficient (Wildman–Crippen LogP) is 3.63. The summed E-state index contributed by atoms with van der Waals surface area (Å²) in [6, 6.07) is 6.10. The Kier molecular flexibility index (Phi) is 4.20. The van der Waals surface area contributed by atoms with Crippen molar-refractivity contribution >= 4 is 16.8 Å². The van der Waals surface area contributed by atoms with E-state index in [1.165, 1.54) is 12.1 Å². The average Bonchev–Trinajstić information content (AvgIpc) is 3.45. The van der Waals surface area contributed by atoms with E-state index >= 15 is 0 Å². The Morgan fingerprint density at radius 1 is 1.28 bits per heavy atom. The Hall–Kier alpha value is -2.01. The highest BCUT2D eigenvalue weighted by Crippen LogP contribution is 2.40. The molecule has 2 unspecified atom stereocenters. The van der Waals surface area contributed by atoms with Gasteiger partial charge in [0.2, 0.25) is 0 Å². The van der Waals surface area contributed by atoms with Crippen molar-refractivity contribution in [1.82, 2.24) is 9.88 Å². The molecular weight excluding hydrogens is 319 g/mol. The Bertz CT molecular complexity index is 817. The number of carbonyl (C=O) groups excluding carboxylic acids is 1. The van der Waals surface area contributed by atoms with Gasteiger partial charge in [0.15, 0.2) is 0 Å². The smallest absolute Gasteiger partial charge is 0.254 e. The lowest BCUT2D eigenvalue weighted by atomic mass is 9.96. The highest BCUT2D eigenvalue weighted by atomic mass is 19.1. The number of hydrogen-bond donors (Lipinski definition) is 1. The van der Waals surface area contributed by atoms with Crippen LogP contribution in [0.2, 0.25) is 0 Å². The van der Waals surface area contributed by atoms with Crippen LogP contribution in [0, 0.1) is 5.82 Å². The van der Waals surface area contributed by atoms with Gasteiger partial charge in [-0.05, 0) is 63.3 Å². The first-order valence-electron chi connectivity index (χ1n) is 9.14. The SMILES string of the molecule is CC(O)C1CCCCN1C(=O)c1cc(C2CC2)nc2ccc(F)cc12. The van der Waals surface area contributed by atoms with Crippen molar-refractivity contribution in [2.24, 2.45) is 0 Å². The van der Waals surface area contributed by atoms with Crippen LogP contribution in [0.4, 0.5) is 4.39 Å². The second-order valence-corrected chi connectivity index (χ2v) is 7.33. The minimum Gasteiger partial charge on any atom is -0.391 e. The van der Waals surface area contributed by atoms with Crippen LogP contribution in [0.1, 0.15) is 61.0 Å². The van der Waals surface area contributed by atoms with E-state index in [1.54, 1.807) is 17.9 Å². The van der Waals surface area contributed by atoms with E-state index in [-0.39, 0.29) is 17.8 Å². The van der Waals surface area contributed by atoms with E-state index in [4.69, 9.17) is 0 Å². The summed E-state index contributed by atoms with van der Waals surface area (Å²) in [6.07, 6.45) is 4.36. The second-order valence-electron chi connectivity index (χ2n) is 7.33. The predicted molar refractivity (Wildman–Crippen MR) is 94.0 cm³/mol. The molecular formula is C20H23FN2O2. The third-order valence-corrected chi connectivity index (χ3v) is 5.38. The number of aliphatic hydroxyl groups is 1. The largest absolute Gasteiger partial charge is 0.391 e. The van der Waals surface area contributed by atoms with Gasteiger partial charge in [-0.3, -0.25) is 9.78 Å². The molecule has 5 heteroatoms. The summed E-state index contributed by atoms with van der Waals surface area (Å²) in [7, 11) is 0. The monoisotopic (exact) mass is 342 g/mol. The molecule has 25 heavy (non-hydrogen) atoms. The zero-order valence-corrected chi connectivity index (χ0v) is 14.4. The molecule has 1 saturated heterocycles. The summed E-state index contributed by atoms with van der Waals surface area (Å²) in [5.41, 5.74) is 2.10. The van der Waals surface area contributed by atoms with E-state index in [1.807, 2.05) is 6.07 Å². The number of aliphatic hydroxyl groups excluding tert-OH is 1. The molecule has 0 radical (unpaired) electrons. The molecule has 2 heterocycles. The molecule has 4 rings (SSSR count). The average molecular weight is 342 g/mol. The van der Waals surface area contributed by atoms with Crippen molar-refractivity contribution < 1.29 is 14.3 Å². The Morgan fingerprint density at radius 2 is 2.08 bits per heavy atom. The fourth-order valence-corrected chi connectivity index (χ4v) is 3.85. The van der Waals surface area contributed by atoms with Gasteiger partial charge in [-0.1, -0.05) is 0 Å². The summed E-state index contributed by atoms with van der Waals surface area (Å²) >= 11 is 0.